The fourth-order valence-corrected chi connectivity index (χ4v) is 4.76. The predicted molar refractivity (Wildman–Crippen MR) is 110 cm³/mol. The van der Waals surface area contributed by atoms with E-state index < -0.39 is 22.7 Å². The SMILES string of the molecule is N#CC1=C(SCC(=O)Nc2ccc(Cl)c(C(F)(F)F)c2)NC(=O)C[C@H]1c1cccs1. The summed E-state index contributed by atoms with van der Waals surface area (Å²) >= 11 is 7.94. The molecular weight excluding hydrogens is 459 g/mol. The second-order valence-corrected chi connectivity index (χ2v) is 8.58. The third-order valence-corrected chi connectivity index (χ3v) is 6.48. The molecule has 2 heterocycles. The van der Waals surface area contributed by atoms with Crippen molar-refractivity contribution in [3.63, 3.8) is 0 Å². The highest BCUT2D eigenvalue weighted by Gasteiger charge is 2.34. The van der Waals surface area contributed by atoms with Gasteiger partial charge in [-0.1, -0.05) is 29.4 Å². The van der Waals surface area contributed by atoms with Crippen LogP contribution in [0, 0.1) is 11.3 Å². The smallest absolute Gasteiger partial charge is 0.325 e. The van der Waals surface area contributed by atoms with Crippen LogP contribution in [0.25, 0.3) is 0 Å². The molecule has 1 aliphatic heterocycles. The van der Waals surface area contributed by atoms with Gasteiger partial charge in [0, 0.05) is 22.9 Å². The topological polar surface area (TPSA) is 82.0 Å². The first-order chi connectivity index (χ1) is 14.2. The molecule has 0 radical (unpaired) electrons. The van der Waals surface area contributed by atoms with Crippen LogP contribution in [0.2, 0.25) is 5.02 Å². The van der Waals surface area contributed by atoms with Crippen LogP contribution in [-0.4, -0.2) is 17.6 Å². The molecule has 1 aromatic carbocycles. The minimum Gasteiger partial charge on any atom is -0.325 e. The number of alkyl halides is 3. The van der Waals surface area contributed by atoms with Gasteiger partial charge < -0.3 is 10.6 Å². The zero-order chi connectivity index (χ0) is 21.9. The Balaban J connectivity index is 1.72. The molecule has 0 spiro atoms. The molecule has 3 rings (SSSR count). The van der Waals surface area contributed by atoms with Gasteiger partial charge in [-0.3, -0.25) is 9.59 Å². The van der Waals surface area contributed by atoms with Crippen molar-refractivity contribution in [2.45, 2.75) is 18.5 Å². The molecule has 5 nitrogen and oxygen atoms in total. The van der Waals surface area contributed by atoms with Crippen LogP contribution < -0.4 is 10.6 Å². The quantitative estimate of drug-likeness (QED) is 0.633. The van der Waals surface area contributed by atoms with Gasteiger partial charge in [-0.25, -0.2) is 0 Å². The summed E-state index contributed by atoms with van der Waals surface area (Å²) in [7, 11) is 0. The fourth-order valence-electron chi connectivity index (χ4n) is 2.82. The van der Waals surface area contributed by atoms with Gasteiger partial charge in [-0.05, 0) is 29.6 Å². The van der Waals surface area contributed by atoms with E-state index in [2.05, 4.69) is 16.7 Å². The standard InChI is InChI=1S/C19H13ClF3N3O2S2/c20-14-4-3-10(6-13(14)19(21,22)23)25-17(28)9-30-18-12(8-24)11(7-16(27)26-18)15-2-1-5-29-15/h1-6,11H,7,9H2,(H,25,28)(H,26,27)/t11-/m1/s1. The summed E-state index contributed by atoms with van der Waals surface area (Å²) in [5, 5.41) is 16.2. The Hall–Kier alpha value is -2.48. The van der Waals surface area contributed by atoms with E-state index in [1.54, 1.807) is 0 Å². The van der Waals surface area contributed by atoms with Crippen LogP contribution in [-0.2, 0) is 15.8 Å². The summed E-state index contributed by atoms with van der Waals surface area (Å²) in [6.45, 7) is 0. The summed E-state index contributed by atoms with van der Waals surface area (Å²) in [5.41, 5.74) is -0.765. The average Bonchev–Trinajstić information content (AvgIpc) is 3.21. The molecular formula is C19H13ClF3N3O2S2. The lowest BCUT2D eigenvalue weighted by Gasteiger charge is -2.23. The largest absolute Gasteiger partial charge is 0.417 e. The highest BCUT2D eigenvalue weighted by Crippen LogP contribution is 2.38. The Morgan fingerprint density at radius 1 is 1.40 bits per heavy atom. The third kappa shape index (κ3) is 5.16. The van der Waals surface area contributed by atoms with Gasteiger partial charge >= 0.3 is 6.18 Å². The molecule has 2 amide bonds. The molecule has 0 unspecified atom stereocenters. The fraction of sp³-hybridized carbons (Fsp3) is 0.211. The number of carbonyl (C=O) groups is 2. The van der Waals surface area contributed by atoms with Crippen molar-refractivity contribution in [3.8, 4) is 6.07 Å². The highest BCUT2D eigenvalue weighted by atomic mass is 35.5. The van der Waals surface area contributed by atoms with Crippen molar-refractivity contribution in [2.24, 2.45) is 0 Å². The lowest BCUT2D eigenvalue weighted by atomic mass is 9.93. The first-order valence-electron chi connectivity index (χ1n) is 8.46. The van der Waals surface area contributed by atoms with Gasteiger partial charge in [0.2, 0.25) is 11.8 Å². The van der Waals surface area contributed by atoms with Gasteiger partial charge in [-0.15, -0.1) is 11.3 Å². The van der Waals surface area contributed by atoms with Gasteiger partial charge in [-0.2, -0.15) is 18.4 Å². The zero-order valence-electron chi connectivity index (χ0n) is 15.0. The number of thiophene rings is 1. The first kappa shape index (κ1) is 22.2. The highest BCUT2D eigenvalue weighted by molar-refractivity contribution is 8.03. The van der Waals surface area contributed by atoms with Crippen LogP contribution in [0.1, 0.15) is 22.8 Å². The van der Waals surface area contributed by atoms with Crippen molar-refractivity contribution >= 4 is 52.2 Å². The Labute approximate surface area is 182 Å². The normalized spacial score (nSPS) is 16.8. The molecule has 1 aromatic heterocycles. The van der Waals surface area contributed by atoms with Gasteiger partial charge in [0.05, 0.1) is 33.0 Å². The minimum atomic E-state index is -4.65. The zero-order valence-corrected chi connectivity index (χ0v) is 17.4. The second kappa shape index (κ2) is 9.12. The van der Waals surface area contributed by atoms with Crippen molar-refractivity contribution in [3.05, 3.63) is 61.8 Å². The summed E-state index contributed by atoms with van der Waals surface area (Å²) in [6, 6.07) is 8.81. The third-order valence-electron chi connectivity index (χ3n) is 4.15. The van der Waals surface area contributed by atoms with Gasteiger partial charge in [0.1, 0.15) is 0 Å². The minimum absolute atomic E-state index is 0.0593. The van der Waals surface area contributed by atoms with Crippen molar-refractivity contribution in [2.75, 3.05) is 11.1 Å². The number of rotatable bonds is 5. The molecule has 156 valence electrons. The summed E-state index contributed by atoms with van der Waals surface area (Å²) in [6.07, 6.45) is -4.52. The number of hydrogen-bond donors (Lipinski definition) is 2. The van der Waals surface area contributed by atoms with E-state index in [1.165, 1.54) is 17.4 Å². The van der Waals surface area contributed by atoms with E-state index in [0.29, 0.717) is 5.57 Å². The van der Waals surface area contributed by atoms with Crippen LogP contribution in [0.15, 0.2) is 46.3 Å². The van der Waals surface area contributed by atoms with Crippen LogP contribution in [0.4, 0.5) is 18.9 Å². The molecule has 11 heteroatoms. The Bertz CT molecular complexity index is 1050. The number of amides is 2. The van der Waals surface area contributed by atoms with E-state index in [-0.39, 0.29) is 34.7 Å². The number of carbonyl (C=O) groups excluding carboxylic acids is 2. The molecule has 0 saturated heterocycles. The van der Waals surface area contributed by atoms with E-state index >= 15 is 0 Å². The van der Waals surface area contributed by atoms with Crippen molar-refractivity contribution in [1.29, 1.82) is 5.26 Å². The molecule has 0 fully saturated rings. The number of hydrogen-bond acceptors (Lipinski definition) is 5. The summed E-state index contributed by atoms with van der Waals surface area (Å²) in [4.78, 5) is 25.1. The number of nitriles is 1. The van der Waals surface area contributed by atoms with Crippen LogP contribution in [0.3, 0.4) is 0 Å². The Morgan fingerprint density at radius 2 is 2.17 bits per heavy atom. The maximum absolute atomic E-state index is 13.0. The molecule has 0 aliphatic carbocycles. The number of benzene rings is 1. The number of halogens is 4. The monoisotopic (exact) mass is 471 g/mol. The van der Waals surface area contributed by atoms with Crippen LogP contribution in [0.5, 0.6) is 0 Å². The maximum Gasteiger partial charge on any atom is 0.417 e. The van der Waals surface area contributed by atoms with Crippen molar-refractivity contribution < 1.29 is 22.8 Å². The van der Waals surface area contributed by atoms with E-state index in [0.717, 1.165) is 28.8 Å². The number of allylic oxidation sites excluding steroid dienone is 1. The predicted octanol–water partition coefficient (Wildman–Crippen LogP) is 5.13. The van der Waals surface area contributed by atoms with Crippen molar-refractivity contribution in [1.82, 2.24) is 5.32 Å². The second-order valence-electron chi connectivity index (χ2n) is 6.20. The van der Waals surface area contributed by atoms with Gasteiger partial charge in [0.15, 0.2) is 0 Å². The number of nitrogens with zero attached hydrogens (tertiary/aromatic N) is 1. The summed E-state index contributed by atoms with van der Waals surface area (Å²) < 4.78 is 38.9. The van der Waals surface area contributed by atoms with Gasteiger partial charge in [0.25, 0.3) is 0 Å². The van der Waals surface area contributed by atoms with E-state index in [1.807, 2.05) is 17.5 Å². The maximum atomic E-state index is 13.0. The van der Waals surface area contributed by atoms with E-state index in [9.17, 15) is 28.0 Å². The summed E-state index contributed by atoms with van der Waals surface area (Å²) in [5.74, 6) is -1.46. The number of anilines is 1. The first-order valence-corrected chi connectivity index (χ1v) is 10.7. The molecule has 30 heavy (non-hydrogen) atoms. The molecule has 0 bridgehead atoms. The Kier molecular flexibility index (Phi) is 6.75. The molecule has 1 atom stereocenters. The van der Waals surface area contributed by atoms with E-state index in [4.69, 9.17) is 11.6 Å². The lowest BCUT2D eigenvalue weighted by molar-refractivity contribution is -0.137. The molecule has 1 aliphatic rings. The molecule has 2 aromatic rings. The number of nitrogens with one attached hydrogen (secondary N) is 2. The molecule has 0 saturated carbocycles. The number of thioether (sulfide) groups is 1. The Morgan fingerprint density at radius 3 is 2.80 bits per heavy atom. The lowest BCUT2D eigenvalue weighted by Crippen LogP contribution is -2.31. The van der Waals surface area contributed by atoms with Crippen LogP contribution >= 0.6 is 34.7 Å². The molecule has 2 N–H and O–H groups in total. The average molecular weight is 472 g/mol.